The van der Waals surface area contributed by atoms with E-state index in [-0.39, 0.29) is 0 Å². The molecule has 0 spiro atoms. The van der Waals surface area contributed by atoms with Crippen molar-refractivity contribution in [2.45, 2.75) is 0 Å². The summed E-state index contributed by atoms with van der Waals surface area (Å²) in [6.07, 6.45) is 0. The van der Waals surface area contributed by atoms with E-state index in [0.717, 1.165) is 11.4 Å². The minimum absolute atomic E-state index is 1.16. The number of para-hydroxylation sites is 2. The average molecular weight is 409 g/mol. The van der Waals surface area contributed by atoms with E-state index < -0.39 is 0 Å². The monoisotopic (exact) mass is 409 g/mol. The molecule has 0 radical (unpaired) electrons. The van der Waals surface area contributed by atoms with Crippen LogP contribution in [0.5, 0.6) is 0 Å². The molecule has 0 amide bonds. The van der Waals surface area contributed by atoms with Crippen molar-refractivity contribution in [3.8, 4) is 22.3 Å². The Balaban J connectivity index is 1.82. The van der Waals surface area contributed by atoms with Crippen molar-refractivity contribution in [1.82, 2.24) is 0 Å². The standard InChI is InChI=1S/C28H20NS.Li/c1-5-13-22(14-6-1)26-21-30-28(27(26)23-15-7-2-8-16-23)29(24-17-9-3-10-18-24)25-19-11-4-12-20-25;/h1-20H;. The third kappa shape index (κ3) is 3.99. The van der Waals surface area contributed by atoms with Crippen LogP contribution >= 0.6 is 11.3 Å². The molecule has 4 aromatic carbocycles. The van der Waals surface area contributed by atoms with Gasteiger partial charge in [-0.2, -0.15) is 0 Å². The van der Waals surface area contributed by atoms with Crippen LogP contribution in [0.4, 0.5) is 16.4 Å². The molecule has 0 unspecified atom stereocenters. The Kier molecular flexibility index (Phi) is 5.78. The van der Waals surface area contributed by atoms with Gasteiger partial charge in [0.1, 0.15) is 0 Å². The van der Waals surface area contributed by atoms with Crippen LogP contribution < -0.4 is 8.45 Å². The van der Waals surface area contributed by atoms with Crippen molar-refractivity contribution < 1.29 is 0 Å². The fourth-order valence-electron chi connectivity index (χ4n) is 4.05. The summed E-state index contributed by atoms with van der Waals surface area (Å²) in [7, 11) is 0. The van der Waals surface area contributed by atoms with Gasteiger partial charge in [0.2, 0.25) is 0 Å². The number of benzene rings is 4. The molecule has 0 N–H and O–H groups in total. The Morgan fingerprint density at radius 3 is 1.32 bits per heavy atom. The molecule has 144 valence electrons. The third-order valence-electron chi connectivity index (χ3n) is 5.42. The predicted octanol–water partition coefficient (Wildman–Crippen LogP) is 7.35. The zero-order valence-electron chi connectivity index (χ0n) is 17.4. The second-order valence-corrected chi connectivity index (χ2v) is 8.66. The Bertz CT molecular complexity index is 1230. The SMILES string of the molecule is [Li][c]1sc(N(c2ccccc2)c2ccccc2)c(-c2ccccc2)c1-c1ccccc1. The van der Waals surface area contributed by atoms with E-state index in [0.29, 0.717) is 0 Å². The molecule has 0 bridgehead atoms. The number of hydrogen-bond donors (Lipinski definition) is 0. The van der Waals surface area contributed by atoms with Crippen molar-refractivity contribution in [2.24, 2.45) is 0 Å². The summed E-state index contributed by atoms with van der Waals surface area (Å²) in [4.78, 5) is 2.38. The van der Waals surface area contributed by atoms with E-state index in [1.54, 1.807) is 0 Å². The Morgan fingerprint density at radius 2 is 0.871 bits per heavy atom. The summed E-state index contributed by atoms with van der Waals surface area (Å²) >= 11 is 4.09. The zero-order valence-corrected chi connectivity index (χ0v) is 18.2. The Morgan fingerprint density at radius 1 is 0.484 bits per heavy atom. The van der Waals surface area contributed by atoms with Crippen molar-refractivity contribution in [3.05, 3.63) is 121 Å². The van der Waals surface area contributed by atoms with Gasteiger partial charge in [-0.3, -0.25) is 0 Å². The van der Waals surface area contributed by atoms with Crippen LogP contribution in [0.2, 0.25) is 0 Å². The molecule has 0 aliphatic rings. The molecule has 31 heavy (non-hydrogen) atoms. The molecule has 1 aromatic heterocycles. The molecule has 0 atom stereocenters. The first-order chi connectivity index (χ1) is 15.3. The van der Waals surface area contributed by atoms with Gasteiger partial charge in [0, 0.05) is 0 Å². The van der Waals surface area contributed by atoms with Crippen molar-refractivity contribution in [2.75, 3.05) is 4.90 Å². The van der Waals surface area contributed by atoms with E-state index in [2.05, 4.69) is 144 Å². The maximum atomic E-state index is 2.38. The van der Waals surface area contributed by atoms with Crippen LogP contribution in [-0.4, -0.2) is 17.7 Å². The maximum absolute atomic E-state index is 2.38. The first-order valence-electron chi connectivity index (χ1n) is 10.5. The molecule has 3 heteroatoms. The number of thiophene rings is 1. The van der Waals surface area contributed by atoms with Gasteiger partial charge in [-0.25, -0.2) is 0 Å². The Hall–Kier alpha value is -3.02. The summed E-state index contributed by atoms with van der Waals surface area (Å²) in [5.41, 5.74) is 7.39. The first kappa shape index (κ1) is 19.9. The van der Waals surface area contributed by atoms with Gasteiger partial charge in [-0.15, -0.1) is 0 Å². The van der Waals surface area contributed by atoms with Crippen LogP contribution in [0.3, 0.4) is 0 Å². The predicted molar refractivity (Wildman–Crippen MR) is 135 cm³/mol. The average Bonchev–Trinajstić information content (AvgIpc) is 3.18. The van der Waals surface area contributed by atoms with E-state index in [1.165, 1.54) is 30.8 Å². The van der Waals surface area contributed by atoms with Gasteiger partial charge in [0.05, 0.1) is 0 Å². The van der Waals surface area contributed by atoms with Gasteiger partial charge in [0.15, 0.2) is 0 Å². The summed E-state index contributed by atoms with van der Waals surface area (Å²) < 4.78 is 1.32. The number of anilines is 3. The van der Waals surface area contributed by atoms with Crippen LogP contribution in [-0.2, 0) is 0 Å². The number of hydrogen-bond acceptors (Lipinski definition) is 2. The topological polar surface area (TPSA) is 3.24 Å². The van der Waals surface area contributed by atoms with Crippen molar-refractivity contribution >= 4 is 49.0 Å². The van der Waals surface area contributed by atoms with Gasteiger partial charge in [-0.1, -0.05) is 0 Å². The molecule has 1 nitrogen and oxygen atoms in total. The van der Waals surface area contributed by atoms with Crippen LogP contribution in [0.25, 0.3) is 22.3 Å². The van der Waals surface area contributed by atoms with Gasteiger partial charge < -0.3 is 0 Å². The van der Waals surface area contributed by atoms with Crippen LogP contribution in [0.15, 0.2) is 121 Å². The summed E-state index contributed by atoms with van der Waals surface area (Å²) in [6.45, 7) is 0. The van der Waals surface area contributed by atoms with Gasteiger partial charge in [-0.05, 0) is 0 Å². The molecular weight excluding hydrogens is 389 g/mol. The quantitative estimate of drug-likeness (QED) is 0.274. The molecule has 0 aliphatic heterocycles. The zero-order chi connectivity index (χ0) is 21.0. The molecular formula is C28H20LiNS. The van der Waals surface area contributed by atoms with Crippen LogP contribution in [0, 0.1) is 0 Å². The fourth-order valence-corrected chi connectivity index (χ4v) is 5.29. The summed E-state index contributed by atoms with van der Waals surface area (Å²) in [6, 6.07) is 42.8. The number of rotatable bonds is 5. The molecule has 0 fully saturated rings. The summed E-state index contributed by atoms with van der Waals surface area (Å²) in [5.74, 6) is 0. The molecule has 5 rings (SSSR count). The summed E-state index contributed by atoms with van der Waals surface area (Å²) in [5, 5.41) is 1.24. The molecule has 1 heterocycles. The fraction of sp³-hybridized carbons (Fsp3) is 0. The molecule has 0 saturated carbocycles. The minimum atomic E-state index is 1.16. The first-order valence-corrected chi connectivity index (χ1v) is 11.3. The van der Waals surface area contributed by atoms with E-state index in [1.807, 2.05) is 11.3 Å². The molecule has 0 saturated heterocycles. The van der Waals surface area contributed by atoms with E-state index >= 15 is 0 Å². The second kappa shape index (κ2) is 9.00. The molecule has 5 aromatic rings. The third-order valence-corrected chi connectivity index (χ3v) is 6.51. The Labute approximate surface area is 196 Å². The normalized spacial score (nSPS) is 10.8. The van der Waals surface area contributed by atoms with Crippen LogP contribution in [0.1, 0.15) is 0 Å². The van der Waals surface area contributed by atoms with E-state index in [4.69, 9.17) is 0 Å². The van der Waals surface area contributed by atoms with Crippen molar-refractivity contribution in [3.63, 3.8) is 0 Å². The number of nitrogens with zero attached hydrogens (tertiary/aromatic N) is 1. The second-order valence-electron chi connectivity index (χ2n) is 7.45. The van der Waals surface area contributed by atoms with Gasteiger partial charge >= 0.3 is 197 Å². The van der Waals surface area contributed by atoms with E-state index in [9.17, 15) is 0 Å². The van der Waals surface area contributed by atoms with Gasteiger partial charge in [0.25, 0.3) is 0 Å². The van der Waals surface area contributed by atoms with Crippen molar-refractivity contribution in [1.29, 1.82) is 0 Å². The molecule has 0 aliphatic carbocycles.